The monoisotopic (exact) mass is 237 g/mol. The summed E-state index contributed by atoms with van der Waals surface area (Å²) in [5.74, 6) is -0.850. The van der Waals surface area contributed by atoms with Crippen LogP contribution in [0.2, 0.25) is 0 Å². The Hall–Kier alpha value is -1.14. The van der Waals surface area contributed by atoms with Gasteiger partial charge >= 0.3 is 6.18 Å². The van der Waals surface area contributed by atoms with Gasteiger partial charge in [-0.25, -0.2) is 4.39 Å². The standard InChI is InChI=1S/C10H11F4NO/c1-9(16,5-15)8-4-6(11)2-3-7(8)10(12,13)14/h2-4,16H,5,15H2,1H3. The molecular weight excluding hydrogens is 226 g/mol. The van der Waals surface area contributed by atoms with Crippen LogP contribution in [0.1, 0.15) is 18.1 Å². The van der Waals surface area contributed by atoms with Gasteiger partial charge in [-0.05, 0) is 30.7 Å². The van der Waals surface area contributed by atoms with E-state index < -0.39 is 35.3 Å². The molecule has 0 amide bonds. The minimum Gasteiger partial charge on any atom is -0.384 e. The Morgan fingerprint density at radius 3 is 2.25 bits per heavy atom. The van der Waals surface area contributed by atoms with Gasteiger partial charge in [-0.15, -0.1) is 0 Å². The van der Waals surface area contributed by atoms with Crippen molar-refractivity contribution in [3.63, 3.8) is 0 Å². The van der Waals surface area contributed by atoms with Crippen LogP contribution < -0.4 is 5.73 Å². The smallest absolute Gasteiger partial charge is 0.384 e. The van der Waals surface area contributed by atoms with Gasteiger partial charge in [0, 0.05) is 6.54 Å². The minimum atomic E-state index is -4.65. The van der Waals surface area contributed by atoms with Crippen molar-refractivity contribution in [3.05, 3.63) is 35.1 Å². The topological polar surface area (TPSA) is 46.2 Å². The first kappa shape index (κ1) is 12.9. The summed E-state index contributed by atoms with van der Waals surface area (Å²) in [6, 6.07) is 1.93. The highest BCUT2D eigenvalue weighted by molar-refractivity contribution is 5.35. The van der Waals surface area contributed by atoms with Crippen molar-refractivity contribution >= 4 is 0 Å². The first-order valence-electron chi connectivity index (χ1n) is 4.48. The zero-order valence-corrected chi connectivity index (χ0v) is 8.48. The van der Waals surface area contributed by atoms with E-state index in [2.05, 4.69) is 0 Å². The number of halogens is 4. The molecule has 1 unspecified atom stereocenters. The van der Waals surface area contributed by atoms with Gasteiger partial charge in [-0.2, -0.15) is 13.2 Å². The van der Waals surface area contributed by atoms with E-state index in [1.165, 1.54) is 0 Å². The lowest BCUT2D eigenvalue weighted by atomic mass is 9.91. The summed E-state index contributed by atoms with van der Waals surface area (Å²) in [5.41, 5.74) is 1.62. The van der Waals surface area contributed by atoms with Crippen LogP contribution in [0.4, 0.5) is 17.6 Å². The molecule has 0 aliphatic carbocycles. The highest BCUT2D eigenvalue weighted by Gasteiger charge is 2.38. The van der Waals surface area contributed by atoms with Crippen LogP contribution >= 0.6 is 0 Å². The summed E-state index contributed by atoms with van der Waals surface area (Å²) in [5, 5.41) is 9.67. The first-order chi connectivity index (χ1) is 7.18. The third-order valence-electron chi connectivity index (χ3n) is 2.26. The molecule has 1 atom stereocenters. The molecule has 1 rings (SSSR count). The third kappa shape index (κ3) is 2.51. The fourth-order valence-electron chi connectivity index (χ4n) is 1.32. The predicted octanol–water partition coefficient (Wildman–Crippen LogP) is 2.01. The fourth-order valence-corrected chi connectivity index (χ4v) is 1.32. The Bertz CT molecular complexity index is 387. The van der Waals surface area contributed by atoms with Crippen LogP contribution in [0.3, 0.4) is 0 Å². The average molecular weight is 237 g/mol. The van der Waals surface area contributed by atoms with Gasteiger partial charge in [0.05, 0.1) is 11.2 Å². The Kier molecular flexibility index (Phi) is 3.25. The van der Waals surface area contributed by atoms with Crippen LogP contribution in [-0.2, 0) is 11.8 Å². The predicted molar refractivity (Wildman–Crippen MR) is 50.0 cm³/mol. The molecule has 0 aliphatic heterocycles. The molecule has 0 heterocycles. The molecule has 6 heteroatoms. The lowest BCUT2D eigenvalue weighted by Crippen LogP contribution is -2.33. The molecule has 1 aromatic carbocycles. The van der Waals surface area contributed by atoms with E-state index in [4.69, 9.17) is 5.73 Å². The second-order valence-corrected chi connectivity index (χ2v) is 3.67. The van der Waals surface area contributed by atoms with E-state index in [1.54, 1.807) is 0 Å². The normalized spacial score (nSPS) is 15.9. The Morgan fingerprint density at radius 2 is 1.81 bits per heavy atom. The summed E-state index contributed by atoms with van der Waals surface area (Å²) in [6.45, 7) is 0.677. The summed E-state index contributed by atoms with van der Waals surface area (Å²) in [6.07, 6.45) is -4.65. The number of nitrogens with two attached hydrogens (primary N) is 1. The molecule has 0 aliphatic rings. The largest absolute Gasteiger partial charge is 0.416 e. The number of hydrogen-bond donors (Lipinski definition) is 2. The van der Waals surface area contributed by atoms with Gasteiger partial charge in [0.15, 0.2) is 0 Å². The molecule has 0 saturated carbocycles. The number of aliphatic hydroxyl groups is 1. The molecular formula is C10H11F4NO. The van der Waals surface area contributed by atoms with Gasteiger partial charge in [0.1, 0.15) is 5.82 Å². The van der Waals surface area contributed by atoms with Crippen molar-refractivity contribution in [1.29, 1.82) is 0 Å². The zero-order chi connectivity index (χ0) is 12.6. The number of alkyl halides is 3. The summed E-state index contributed by atoms with van der Waals surface area (Å²) in [4.78, 5) is 0. The molecule has 2 nitrogen and oxygen atoms in total. The maximum atomic E-state index is 12.9. The maximum Gasteiger partial charge on any atom is 0.416 e. The third-order valence-corrected chi connectivity index (χ3v) is 2.26. The number of rotatable bonds is 2. The molecule has 0 spiro atoms. The van der Waals surface area contributed by atoms with Crippen LogP contribution in [0, 0.1) is 5.82 Å². The number of benzene rings is 1. The van der Waals surface area contributed by atoms with Crippen molar-refractivity contribution in [2.45, 2.75) is 18.7 Å². The SMILES string of the molecule is CC(O)(CN)c1cc(F)ccc1C(F)(F)F. The maximum absolute atomic E-state index is 12.9. The van der Waals surface area contributed by atoms with Gasteiger partial charge in [0.2, 0.25) is 0 Å². The van der Waals surface area contributed by atoms with E-state index in [0.717, 1.165) is 6.92 Å². The van der Waals surface area contributed by atoms with Crippen LogP contribution in [0.15, 0.2) is 18.2 Å². The van der Waals surface area contributed by atoms with Gasteiger partial charge in [0.25, 0.3) is 0 Å². The van der Waals surface area contributed by atoms with Crippen molar-refractivity contribution in [1.82, 2.24) is 0 Å². The lowest BCUT2D eigenvalue weighted by Gasteiger charge is -2.25. The molecule has 3 N–H and O–H groups in total. The first-order valence-corrected chi connectivity index (χ1v) is 4.48. The molecule has 90 valence electrons. The fraction of sp³-hybridized carbons (Fsp3) is 0.400. The van der Waals surface area contributed by atoms with Crippen molar-refractivity contribution in [3.8, 4) is 0 Å². The van der Waals surface area contributed by atoms with Crippen LogP contribution in [-0.4, -0.2) is 11.7 Å². The average Bonchev–Trinajstić information content (AvgIpc) is 2.15. The molecule has 0 saturated heterocycles. The van der Waals surface area contributed by atoms with E-state index in [-0.39, 0.29) is 0 Å². The Labute approximate surface area is 89.7 Å². The van der Waals surface area contributed by atoms with E-state index in [0.29, 0.717) is 18.2 Å². The lowest BCUT2D eigenvalue weighted by molar-refractivity contribution is -0.140. The van der Waals surface area contributed by atoms with E-state index in [1.807, 2.05) is 0 Å². The molecule has 0 radical (unpaired) electrons. The van der Waals surface area contributed by atoms with Crippen molar-refractivity contribution in [2.24, 2.45) is 5.73 Å². The van der Waals surface area contributed by atoms with Crippen LogP contribution in [0.5, 0.6) is 0 Å². The highest BCUT2D eigenvalue weighted by atomic mass is 19.4. The van der Waals surface area contributed by atoms with E-state index >= 15 is 0 Å². The summed E-state index contributed by atoms with van der Waals surface area (Å²) < 4.78 is 50.6. The minimum absolute atomic E-state index is 0.431. The molecule has 1 aromatic rings. The second kappa shape index (κ2) is 4.03. The van der Waals surface area contributed by atoms with Gasteiger partial charge < -0.3 is 10.8 Å². The molecule has 0 fully saturated rings. The van der Waals surface area contributed by atoms with E-state index in [9.17, 15) is 22.7 Å². The zero-order valence-electron chi connectivity index (χ0n) is 8.48. The van der Waals surface area contributed by atoms with Crippen LogP contribution in [0.25, 0.3) is 0 Å². The second-order valence-electron chi connectivity index (χ2n) is 3.67. The van der Waals surface area contributed by atoms with Gasteiger partial charge in [-0.1, -0.05) is 0 Å². The summed E-state index contributed by atoms with van der Waals surface area (Å²) >= 11 is 0. The Morgan fingerprint density at radius 1 is 1.25 bits per heavy atom. The van der Waals surface area contributed by atoms with Gasteiger partial charge in [-0.3, -0.25) is 0 Å². The number of hydrogen-bond acceptors (Lipinski definition) is 2. The molecule has 0 bridgehead atoms. The van der Waals surface area contributed by atoms with Crippen molar-refractivity contribution < 1.29 is 22.7 Å². The summed E-state index contributed by atoms with van der Waals surface area (Å²) in [7, 11) is 0. The van der Waals surface area contributed by atoms with Crippen molar-refractivity contribution in [2.75, 3.05) is 6.54 Å². The Balaban J connectivity index is 3.41. The molecule has 16 heavy (non-hydrogen) atoms. The molecule has 0 aromatic heterocycles. The highest BCUT2D eigenvalue weighted by Crippen LogP contribution is 2.36. The quantitative estimate of drug-likeness (QED) is 0.773.